The molecule has 1 atom stereocenters. The van der Waals surface area contributed by atoms with Gasteiger partial charge in [-0.25, -0.2) is 0 Å². The summed E-state index contributed by atoms with van der Waals surface area (Å²) in [6.45, 7) is 4.65. The Bertz CT molecular complexity index is 1110. The molecule has 3 aromatic carbocycles. The summed E-state index contributed by atoms with van der Waals surface area (Å²) in [5.74, 6) is 0.214. The van der Waals surface area contributed by atoms with Crippen molar-refractivity contribution >= 4 is 39.3 Å². The molecule has 2 amide bonds. The minimum Gasteiger partial charge on any atom is -0.482 e. The van der Waals surface area contributed by atoms with E-state index in [9.17, 15) is 9.59 Å². The van der Waals surface area contributed by atoms with Gasteiger partial charge in [-0.2, -0.15) is 0 Å². The maximum Gasteiger partial charge on any atom is 0.261 e. The van der Waals surface area contributed by atoms with E-state index in [2.05, 4.69) is 21.2 Å². The van der Waals surface area contributed by atoms with Crippen LogP contribution in [0.25, 0.3) is 0 Å². The fourth-order valence-corrected chi connectivity index (χ4v) is 4.30. The van der Waals surface area contributed by atoms with E-state index in [4.69, 9.17) is 16.3 Å². The first-order valence-electron chi connectivity index (χ1n) is 11.6. The summed E-state index contributed by atoms with van der Waals surface area (Å²) in [4.78, 5) is 28.5. The molecule has 0 aliphatic heterocycles. The Morgan fingerprint density at radius 3 is 2.20 bits per heavy atom. The predicted molar refractivity (Wildman–Crippen MR) is 143 cm³/mol. The lowest BCUT2D eigenvalue weighted by molar-refractivity contribution is -0.142. The summed E-state index contributed by atoms with van der Waals surface area (Å²) in [5.41, 5.74) is 1.90. The van der Waals surface area contributed by atoms with E-state index >= 15 is 0 Å². The zero-order valence-electron chi connectivity index (χ0n) is 19.9. The number of amides is 2. The SMILES string of the molecule is CC(C)CNC(=O)[C@@H](Cc1ccccc1)N(Cc1ccccc1)C(=O)COc1ccc(Br)cc1Cl. The minimum atomic E-state index is -0.701. The number of benzene rings is 3. The highest BCUT2D eigenvalue weighted by molar-refractivity contribution is 9.10. The van der Waals surface area contributed by atoms with Crippen LogP contribution in [0.2, 0.25) is 5.02 Å². The summed E-state index contributed by atoms with van der Waals surface area (Å²) in [7, 11) is 0. The first-order chi connectivity index (χ1) is 16.8. The van der Waals surface area contributed by atoms with Crippen LogP contribution in [-0.4, -0.2) is 35.9 Å². The monoisotopic (exact) mass is 556 g/mol. The second-order valence-electron chi connectivity index (χ2n) is 8.72. The molecule has 0 radical (unpaired) electrons. The van der Waals surface area contributed by atoms with E-state index in [-0.39, 0.29) is 30.9 Å². The zero-order chi connectivity index (χ0) is 25.2. The molecular weight excluding hydrogens is 528 g/mol. The van der Waals surface area contributed by atoms with Crippen molar-refractivity contribution in [3.05, 3.63) is 99.5 Å². The molecule has 1 N–H and O–H groups in total. The van der Waals surface area contributed by atoms with Gasteiger partial charge in [0.05, 0.1) is 5.02 Å². The summed E-state index contributed by atoms with van der Waals surface area (Å²) in [6.07, 6.45) is 0.391. The van der Waals surface area contributed by atoms with Gasteiger partial charge < -0.3 is 15.0 Å². The molecule has 3 aromatic rings. The second-order valence-corrected chi connectivity index (χ2v) is 10.0. The molecule has 0 fully saturated rings. The number of ether oxygens (including phenoxy) is 1. The first kappa shape index (κ1) is 26.8. The van der Waals surface area contributed by atoms with Crippen molar-refractivity contribution in [3.8, 4) is 5.75 Å². The number of nitrogens with zero attached hydrogens (tertiary/aromatic N) is 1. The van der Waals surface area contributed by atoms with Gasteiger partial charge in [-0.15, -0.1) is 0 Å². The Labute approximate surface area is 220 Å². The lowest BCUT2D eigenvalue weighted by atomic mass is 10.0. The van der Waals surface area contributed by atoms with Gasteiger partial charge in [0.1, 0.15) is 11.8 Å². The van der Waals surface area contributed by atoms with Gasteiger partial charge >= 0.3 is 0 Å². The Morgan fingerprint density at radius 1 is 0.971 bits per heavy atom. The summed E-state index contributed by atoms with van der Waals surface area (Å²) in [5, 5.41) is 3.41. The predicted octanol–water partition coefficient (Wildman–Crippen LogP) is 5.89. The molecule has 5 nitrogen and oxygen atoms in total. The average Bonchev–Trinajstić information content (AvgIpc) is 2.85. The lowest BCUT2D eigenvalue weighted by Crippen LogP contribution is -2.52. The van der Waals surface area contributed by atoms with Crippen LogP contribution >= 0.6 is 27.5 Å². The van der Waals surface area contributed by atoms with Crippen LogP contribution in [0.1, 0.15) is 25.0 Å². The van der Waals surface area contributed by atoms with Gasteiger partial charge in [0.15, 0.2) is 6.61 Å². The Hall–Kier alpha value is -2.83. The highest BCUT2D eigenvalue weighted by Crippen LogP contribution is 2.28. The molecule has 0 aliphatic rings. The van der Waals surface area contributed by atoms with Crippen molar-refractivity contribution in [2.45, 2.75) is 32.9 Å². The Kier molecular flexibility index (Phi) is 10.2. The maximum absolute atomic E-state index is 13.5. The van der Waals surface area contributed by atoms with Crippen molar-refractivity contribution in [2.75, 3.05) is 13.2 Å². The van der Waals surface area contributed by atoms with E-state index in [0.717, 1.165) is 15.6 Å². The zero-order valence-corrected chi connectivity index (χ0v) is 22.3. The molecule has 0 heterocycles. The minimum absolute atomic E-state index is 0.187. The van der Waals surface area contributed by atoms with Crippen LogP contribution in [0.3, 0.4) is 0 Å². The number of nitrogens with one attached hydrogen (secondary N) is 1. The van der Waals surface area contributed by atoms with Crippen molar-refractivity contribution in [1.82, 2.24) is 10.2 Å². The molecule has 0 unspecified atom stereocenters. The number of carbonyl (C=O) groups is 2. The van der Waals surface area contributed by atoms with Crippen molar-refractivity contribution < 1.29 is 14.3 Å². The molecule has 0 aliphatic carbocycles. The third kappa shape index (κ3) is 8.41. The van der Waals surface area contributed by atoms with Crippen LogP contribution in [-0.2, 0) is 22.6 Å². The molecular formula is C28H30BrClN2O3. The molecule has 35 heavy (non-hydrogen) atoms. The summed E-state index contributed by atoms with van der Waals surface area (Å²) < 4.78 is 6.59. The standard InChI is InChI=1S/C28H30BrClN2O3/c1-20(2)17-31-28(34)25(15-21-9-5-3-6-10-21)32(18-22-11-7-4-8-12-22)27(33)19-35-26-14-13-23(29)16-24(26)30/h3-14,16,20,25H,15,17-19H2,1-2H3,(H,31,34)/t25-/m1/s1. The third-order valence-electron chi connectivity index (χ3n) is 5.40. The van der Waals surface area contributed by atoms with Gasteiger partial charge in [-0.1, -0.05) is 102 Å². The normalized spacial score (nSPS) is 11.7. The number of halogens is 2. The molecule has 184 valence electrons. The first-order valence-corrected chi connectivity index (χ1v) is 12.7. The highest BCUT2D eigenvalue weighted by Gasteiger charge is 2.30. The van der Waals surface area contributed by atoms with Gasteiger partial charge in [0, 0.05) is 24.0 Å². The molecule has 7 heteroatoms. The number of carbonyl (C=O) groups excluding carboxylic acids is 2. The molecule has 0 saturated carbocycles. The maximum atomic E-state index is 13.5. The fourth-order valence-electron chi connectivity index (χ4n) is 3.57. The third-order valence-corrected chi connectivity index (χ3v) is 6.19. The quantitative estimate of drug-likeness (QED) is 0.320. The van der Waals surface area contributed by atoms with Gasteiger partial charge in [-0.05, 0) is 35.2 Å². The summed E-state index contributed by atoms with van der Waals surface area (Å²) in [6, 6.07) is 23.9. The van der Waals surface area contributed by atoms with Gasteiger partial charge in [0.2, 0.25) is 5.91 Å². The van der Waals surface area contributed by atoms with Gasteiger partial charge in [-0.3, -0.25) is 9.59 Å². The van der Waals surface area contributed by atoms with Crippen LogP contribution in [0, 0.1) is 5.92 Å². The van der Waals surface area contributed by atoms with Crippen molar-refractivity contribution in [2.24, 2.45) is 5.92 Å². The fraction of sp³-hybridized carbons (Fsp3) is 0.286. The topological polar surface area (TPSA) is 58.6 Å². The van der Waals surface area contributed by atoms with E-state index in [0.29, 0.717) is 23.7 Å². The van der Waals surface area contributed by atoms with Crippen LogP contribution in [0.15, 0.2) is 83.3 Å². The number of hydrogen-bond donors (Lipinski definition) is 1. The van der Waals surface area contributed by atoms with E-state index < -0.39 is 6.04 Å². The smallest absolute Gasteiger partial charge is 0.261 e. The largest absolute Gasteiger partial charge is 0.482 e. The van der Waals surface area contributed by atoms with Crippen LogP contribution in [0.4, 0.5) is 0 Å². The Morgan fingerprint density at radius 2 is 1.60 bits per heavy atom. The molecule has 0 bridgehead atoms. The van der Waals surface area contributed by atoms with Crippen LogP contribution in [0.5, 0.6) is 5.75 Å². The van der Waals surface area contributed by atoms with Crippen molar-refractivity contribution in [1.29, 1.82) is 0 Å². The second kappa shape index (κ2) is 13.3. The van der Waals surface area contributed by atoms with Crippen molar-refractivity contribution in [3.63, 3.8) is 0 Å². The molecule has 0 saturated heterocycles. The van der Waals surface area contributed by atoms with Crippen LogP contribution < -0.4 is 10.1 Å². The lowest BCUT2D eigenvalue weighted by Gasteiger charge is -2.31. The Balaban J connectivity index is 1.88. The average molecular weight is 558 g/mol. The number of hydrogen-bond acceptors (Lipinski definition) is 3. The highest BCUT2D eigenvalue weighted by atomic mass is 79.9. The molecule has 0 aromatic heterocycles. The number of rotatable bonds is 11. The summed E-state index contributed by atoms with van der Waals surface area (Å²) >= 11 is 9.64. The van der Waals surface area contributed by atoms with Gasteiger partial charge in [0.25, 0.3) is 5.91 Å². The molecule has 3 rings (SSSR count). The molecule has 0 spiro atoms. The van der Waals surface area contributed by atoms with E-state index in [1.165, 1.54) is 0 Å². The van der Waals surface area contributed by atoms with E-state index in [1.807, 2.05) is 74.5 Å². The van der Waals surface area contributed by atoms with E-state index in [1.54, 1.807) is 23.1 Å².